The molecule has 0 aromatic rings. The molecule has 0 aromatic carbocycles. The second-order valence-corrected chi connectivity index (χ2v) is 20.7. The zero-order valence-electron chi connectivity index (χ0n) is 34.0. The summed E-state index contributed by atoms with van der Waals surface area (Å²) in [5, 5.41) is 82.4. The molecule has 0 spiro atoms. The molecule has 14 heteroatoms. The van der Waals surface area contributed by atoms with Gasteiger partial charge >= 0.3 is 11.9 Å². The topological polar surface area (TPSA) is 233 Å². The fourth-order valence-corrected chi connectivity index (χ4v) is 13.5. The van der Waals surface area contributed by atoms with Gasteiger partial charge in [-0.25, -0.2) is 4.79 Å². The first kappa shape index (κ1) is 42.4. The highest BCUT2D eigenvalue weighted by Crippen LogP contribution is 2.76. The maximum absolute atomic E-state index is 14.6. The quantitative estimate of drug-likeness (QED) is 0.110. The number of carbonyl (C=O) groups excluding carboxylic acids is 1. The number of hydrogen-bond donors (Lipinski definition) is 8. The molecular formula is C42H66O14. The third kappa shape index (κ3) is 6.17. The zero-order valence-corrected chi connectivity index (χ0v) is 34.0. The van der Waals surface area contributed by atoms with Crippen molar-refractivity contribution in [2.75, 3.05) is 6.61 Å². The molecule has 7 aliphatic rings. The van der Waals surface area contributed by atoms with Gasteiger partial charge < -0.3 is 59.8 Å². The van der Waals surface area contributed by atoms with Crippen LogP contribution in [0.4, 0.5) is 0 Å². The van der Waals surface area contributed by atoms with E-state index in [1.807, 2.05) is 0 Å². The second kappa shape index (κ2) is 14.2. The van der Waals surface area contributed by atoms with Gasteiger partial charge in [-0.05, 0) is 109 Å². The molecule has 2 heterocycles. The average molecular weight is 795 g/mol. The van der Waals surface area contributed by atoms with Crippen LogP contribution in [0.2, 0.25) is 0 Å². The minimum Gasteiger partial charge on any atom is -0.479 e. The standard InChI is InChI=1S/C42H66O14/c1-37(2)14-16-42(36(52)56-34-30(48)27(45)26(44)22(19-43)53-34)17-15-40(6)20(21(42)18-37)8-9-24-39(5)12-11-25(38(3,4)23(39)10-13-41(24,40)7)54-35-31(49)28(46)29(47)32(55-35)33(50)51/h8,21-32,34-35,43-49H,9-19H2,1-7H3,(H,50,51)/t21-,22+,23+,24-,25-,26+,27-,28-,29-,30+,31+,32-,34-,35+,39-,40+,41+,42-/m0/s1. The van der Waals surface area contributed by atoms with Crippen LogP contribution in [0.1, 0.15) is 113 Å². The van der Waals surface area contributed by atoms with E-state index in [9.17, 15) is 50.4 Å². The highest BCUT2D eigenvalue weighted by atomic mass is 16.7. The lowest BCUT2D eigenvalue weighted by atomic mass is 9.33. The maximum Gasteiger partial charge on any atom is 0.335 e. The Hall–Kier alpha value is -1.72. The summed E-state index contributed by atoms with van der Waals surface area (Å²) in [5.41, 5.74) is -0.448. The molecule has 18 atom stereocenters. The molecule has 0 unspecified atom stereocenters. The van der Waals surface area contributed by atoms with Crippen LogP contribution < -0.4 is 0 Å². The van der Waals surface area contributed by atoms with Crippen LogP contribution in [0.15, 0.2) is 11.6 Å². The minimum absolute atomic E-state index is 0.0330. The Kier molecular flexibility index (Phi) is 10.8. The summed E-state index contributed by atoms with van der Waals surface area (Å²) >= 11 is 0. The van der Waals surface area contributed by atoms with Gasteiger partial charge in [0.1, 0.15) is 42.7 Å². The highest BCUT2D eigenvalue weighted by molar-refractivity contribution is 5.79. The Bertz CT molecular complexity index is 1560. The first-order valence-corrected chi connectivity index (χ1v) is 20.8. The van der Waals surface area contributed by atoms with Crippen LogP contribution in [0, 0.1) is 50.2 Å². The summed E-state index contributed by atoms with van der Waals surface area (Å²) in [7, 11) is 0. The highest BCUT2D eigenvalue weighted by Gasteiger charge is 2.70. The molecule has 6 fully saturated rings. The van der Waals surface area contributed by atoms with Crippen molar-refractivity contribution in [1.29, 1.82) is 0 Å². The van der Waals surface area contributed by atoms with E-state index in [1.54, 1.807) is 0 Å². The van der Waals surface area contributed by atoms with Crippen molar-refractivity contribution in [2.45, 2.75) is 180 Å². The smallest absolute Gasteiger partial charge is 0.335 e. The van der Waals surface area contributed by atoms with E-state index in [4.69, 9.17) is 18.9 Å². The summed E-state index contributed by atoms with van der Waals surface area (Å²) in [6, 6.07) is 0. The number of aliphatic hydroxyl groups is 7. The van der Waals surface area contributed by atoms with Gasteiger partial charge in [0.25, 0.3) is 0 Å². The molecular weight excluding hydrogens is 728 g/mol. The molecule has 4 saturated carbocycles. The van der Waals surface area contributed by atoms with Crippen molar-refractivity contribution in [1.82, 2.24) is 0 Å². The third-order valence-electron chi connectivity index (χ3n) is 17.2. The van der Waals surface area contributed by atoms with Gasteiger partial charge in [-0.1, -0.05) is 60.1 Å². The number of aliphatic hydroxyl groups excluding tert-OH is 7. The molecule has 0 aromatic heterocycles. The van der Waals surface area contributed by atoms with Crippen molar-refractivity contribution in [3.05, 3.63) is 11.6 Å². The minimum atomic E-state index is -1.79. The van der Waals surface area contributed by atoms with E-state index >= 15 is 0 Å². The normalized spacial score (nSPS) is 52.3. The van der Waals surface area contributed by atoms with Crippen LogP contribution in [0.5, 0.6) is 0 Å². The predicted octanol–water partition coefficient (Wildman–Crippen LogP) is 2.41. The second-order valence-electron chi connectivity index (χ2n) is 20.7. The zero-order chi connectivity index (χ0) is 41.1. The molecule has 7 rings (SSSR count). The number of fused-ring (bicyclic) bond motifs is 7. The number of allylic oxidation sites excluding steroid dienone is 2. The molecule has 0 bridgehead atoms. The average Bonchev–Trinajstić information content (AvgIpc) is 3.12. The monoisotopic (exact) mass is 794 g/mol. The van der Waals surface area contributed by atoms with Crippen molar-refractivity contribution < 1.29 is 69.4 Å². The molecule has 8 N–H and O–H groups in total. The van der Waals surface area contributed by atoms with E-state index in [0.29, 0.717) is 25.2 Å². The fourth-order valence-electron chi connectivity index (χ4n) is 13.5. The molecule has 0 amide bonds. The summed E-state index contributed by atoms with van der Waals surface area (Å²) in [5.74, 6) is -1.52. The van der Waals surface area contributed by atoms with Gasteiger partial charge in [-0.15, -0.1) is 0 Å². The Morgan fingerprint density at radius 3 is 2.05 bits per heavy atom. The molecule has 318 valence electrons. The number of carbonyl (C=O) groups is 2. The van der Waals surface area contributed by atoms with Gasteiger partial charge in [-0.3, -0.25) is 4.79 Å². The van der Waals surface area contributed by atoms with E-state index in [1.165, 1.54) is 5.57 Å². The number of carboxylic acids is 1. The van der Waals surface area contributed by atoms with Gasteiger partial charge in [0.2, 0.25) is 6.29 Å². The predicted molar refractivity (Wildman–Crippen MR) is 198 cm³/mol. The Morgan fingerprint density at radius 2 is 1.39 bits per heavy atom. The Labute approximate surface area is 329 Å². The van der Waals surface area contributed by atoms with E-state index in [0.717, 1.165) is 44.9 Å². The first-order chi connectivity index (χ1) is 26.0. The SMILES string of the molecule is CC1(C)CC[C@]2(C(=O)O[C@@H]3O[C@H](CO)[C@@H](O)[C@H](O)[C@H]3O)CC[C@]3(C)C(=CC[C@H]4[C@@]5(C)CC[C@H](O[C@@H]6O[C@H](C(=O)O)[C@@H](O)[C@H](O)[C@H]6O)C(C)(C)[C@H]5CC[C@]43C)[C@@H]2C1. The molecule has 14 nitrogen and oxygen atoms in total. The number of esters is 1. The van der Waals surface area contributed by atoms with Gasteiger partial charge in [0, 0.05) is 0 Å². The van der Waals surface area contributed by atoms with Crippen molar-refractivity contribution in [3.8, 4) is 0 Å². The van der Waals surface area contributed by atoms with E-state index in [2.05, 4.69) is 54.5 Å². The van der Waals surface area contributed by atoms with Crippen LogP contribution in [-0.4, -0.2) is 127 Å². The largest absolute Gasteiger partial charge is 0.479 e. The third-order valence-corrected chi connectivity index (χ3v) is 17.2. The van der Waals surface area contributed by atoms with Gasteiger partial charge in [-0.2, -0.15) is 0 Å². The van der Waals surface area contributed by atoms with Crippen LogP contribution in [0.25, 0.3) is 0 Å². The Balaban J connectivity index is 1.16. The lowest BCUT2D eigenvalue weighted by Crippen LogP contribution is -2.66. The lowest BCUT2D eigenvalue weighted by molar-refractivity contribution is -0.324. The van der Waals surface area contributed by atoms with Crippen LogP contribution in [-0.2, 0) is 28.5 Å². The van der Waals surface area contributed by atoms with E-state index in [-0.39, 0.29) is 33.5 Å². The first-order valence-electron chi connectivity index (χ1n) is 20.8. The van der Waals surface area contributed by atoms with Crippen LogP contribution >= 0.6 is 0 Å². The lowest BCUT2D eigenvalue weighted by Gasteiger charge is -2.71. The van der Waals surface area contributed by atoms with Crippen molar-refractivity contribution >= 4 is 11.9 Å². The van der Waals surface area contributed by atoms with Gasteiger partial charge in [0.15, 0.2) is 12.4 Å². The van der Waals surface area contributed by atoms with Gasteiger partial charge in [0.05, 0.1) is 18.1 Å². The fraction of sp³-hybridized carbons (Fsp3) is 0.905. The summed E-state index contributed by atoms with van der Waals surface area (Å²) in [4.78, 5) is 26.4. The molecule has 0 radical (unpaired) electrons. The van der Waals surface area contributed by atoms with E-state index < -0.39 is 96.9 Å². The van der Waals surface area contributed by atoms with Crippen molar-refractivity contribution in [3.63, 3.8) is 0 Å². The summed E-state index contributed by atoms with van der Waals surface area (Å²) in [6.45, 7) is 15.5. The number of ether oxygens (including phenoxy) is 4. The number of aliphatic carboxylic acids is 1. The molecule has 2 aliphatic heterocycles. The summed E-state index contributed by atoms with van der Waals surface area (Å²) in [6.07, 6.45) is -6.14. The molecule has 56 heavy (non-hydrogen) atoms. The molecule has 2 saturated heterocycles. The number of hydrogen-bond acceptors (Lipinski definition) is 13. The maximum atomic E-state index is 14.6. The molecule has 5 aliphatic carbocycles. The number of carboxylic acid groups (broad SMARTS) is 1. The Morgan fingerprint density at radius 1 is 0.750 bits per heavy atom. The van der Waals surface area contributed by atoms with Crippen LogP contribution in [0.3, 0.4) is 0 Å². The number of rotatable bonds is 6. The van der Waals surface area contributed by atoms with Crippen molar-refractivity contribution in [2.24, 2.45) is 50.2 Å². The summed E-state index contributed by atoms with van der Waals surface area (Å²) < 4.78 is 23.5.